The lowest BCUT2D eigenvalue weighted by Crippen LogP contribution is -2.17. The Labute approximate surface area is 166 Å². The maximum absolute atomic E-state index is 12.9. The number of nitrogens with zero attached hydrogens (tertiary/aromatic N) is 3. The summed E-state index contributed by atoms with van der Waals surface area (Å²) in [4.78, 5) is 22.8. The molecule has 0 aliphatic rings. The summed E-state index contributed by atoms with van der Waals surface area (Å²) in [5.41, 5.74) is 6.78. The Kier molecular flexibility index (Phi) is 5.54. The molecular formula is C21H19FN4O3. The Hall–Kier alpha value is -3.81. The van der Waals surface area contributed by atoms with E-state index in [9.17, 15) is 19.3 Å². The molecule has 1 aromatic heterocycles. The number of benzene rings is 2. The molecule has 1 amide bonds. The van der Waals surface area contributed by atoms with E-state index in [1.54, 1.807) is 6.07 Å². The van der Waals surface area contributed by atoms with Crippen molar-refractivity contribution in [3.63, 3.8) is 0 Å². The van der Waals surface area contributed by atoms with Gasteiger partial charge in [-0.05, 0) is 56.7 Å². The predicted octanol–water partition coefficient (Wildman–Crippen LogP) is 4.21. The lowest BCUT2D eigenvalue weighted by molar-refractivity contribution is -0.384. The van der Waals surface area contributed by atoms with Gasteiger partial charge in [-0.3, -0.25) is 14.9 Å². The van der Waals surface area contributed by atoms with Crippen LogP contribution in [0.2, 0.25) is 0 Å². The minimum absolute atomic E-state index is 0.0138. The molecule has 0 saturated heterocycles. The summed E-state index contributed by atoms with van der Waals surface area (Å²) >= 11 is 0. The Morgan fingerprint density at radius 1 is 1.14 bits per heavy atom. The molecule has 0 saturated carbocycles. The van der Waals surface area contributed by atoms with E-state index >= 15 is 0 Å². The van der Waals surface area contributed by atoms with Crippen LogP contribution in [0.1, 0.15) is 32.9 Å². The summed E-state index contributed by atoms with van der Waals surface area (Å²) in [6.07, 6.45) is 1.51. The first-order valence-electron chi connectivity index (χ1n) is 8.81. The summed E-state index contributed by atoms with van der Waals surface area (Å²) in [6.45, 7) is 5.64. The van der Waals surface area contributed by atoms with Crippen LogP contribution in [0, 0.1) is 36.7 Å². The first kappa shape index (κ1) is 19.9. The van der Waals surface area contributed by atoms with Gasteiger partial charge in [0.2, 0.25) is 0 Å². The van der Waals surface area contributed by atoms with Gasteiger partial charge in [-0.25, -0.2) is 9.82 Å². The second-order valence-electron chi connectivity index (χ2n) is 6.60. The molecule has 0 fully saturated rings. The van der Waals surface area contributed by atoms with E-state index in [0.29, 0.717) is 11.3 Å². The van der Waals surface area contributed by atoms with E-state index in [1.807, 2.05) is 31.4 Å². The molecule has 29 heavy (non-hydrogen) atoms. The smallest absolute Gasteiger partial charge is 0.271 e. The second kappa shape index (κ2) is 8.05. The number of nitro groups is 1. The molecule has 0 radical (unpaired) electrons. The predicted molar refractivity (Wildman–Crippen MR) is 108 cm³/mol. The zero-order chi connectivity index (χ0) is 21.1. The zero-order valence-electron chi connectivity index (χ0n) is 16.1. The molecule has 0 spiro atoms. The van der Waals surface area contributed by atoms with Crippen molar-refractivity contribution in [1.82, 2.24) is 9.99 Å². The average Bonchev–Trinajstić information content (AvgIpc) is 2.96. The Bertz CT molecular complexity index is 1120. The van der Waals surface area contributed by atoms with Gasteiger partial charge in [0.15, 0.2) is 0 Å². The third kappa shape index (κ3) is 4.21. The van der Waals surface area contributed by atoms with Crippen molar-refractivity contribution in [3.05, 3.63) is 92.5 Å². The third-order valence-corrected chi connectivity index (χ3v) is 4.59. The van der Waals surface area contributed by atoms with Crippen molar-refractivity contribution in [2.24, 2.45) is 5.10 Å². The molecule has 7 nitrogen and oxygen atoms in total. The number of nitrogens with one attached hydrogen (secondary N) is 1. The van der Waals surface area contributed by atoms with Crippen LogP contribution in [-0.4, -0.2) is 21.6 Å². The summed E-state index contributed by atoms with van der Waals surface area (Å²) in [5.74, 6) is -0.876. The van der Waals surface area contributed by atoms with Crippen molar-refractivity contribution < 1.29 is 14.1 Å². The molecule has 1 N–H and O–H groups in total. The highest BCUT2D eigenvalue weighted by atomic mass is 19.1. The number of aromatic nitrogens is 1. The molecule has 1 heterocycles. The van der Waals surface area contributed by atoms with Crippen LogP contribution in [0.5, 0.6) is 0 Å². The van der Waals surface area contributed by atoms with Gasteiger partial charge in [0.1, 0.15) is 5.82 Å². The quantitative estimate of drug-likeness (QED) is 0.399. The maximum Gasteiger partial charge on any atom is 0.271 e. The number of carbonyl (C=O) groups is 1. The fourth-order valence-electron chi connectivity index (χ4n) is 3.07. The summed E-state index contributed by atoms with van der Waals surface area (Å²) in [7, 11) is 0. The fourth-order valence-corrected chi connectivity index (χ4v) is 3.07. The van der Waals surface area contributed by atoms with Crippen LogP contribution in [0.25, 0.3) is 5.69 Å². The van der Waals surface area contributed by atoms with Crippen LogP contribution < -0.4 is 5.43 Å². The van der Waals surface area contributed by atoms with Gasteiger partial charge in [-0.2, -0.15) is 5.10 Å². The lowest BCUT2D eigenvalue weighted by atomic mass is 10.1. The van der Waals surface area contributed by atoms with E-state index in [4.69, 9.17) is 0 Å². The molecule has 3 aromatic rings. The number of aryl methyl sites for hydroxylation is 2. The Balaban J connectivity index is 1.85. The van der Waals surface area contributed by atoms with Crippen molar-refractivity contribution in [2.75, 3.05) is 0 Å². The highest BCUT2D eigenvalue weighted by Gasteiger charge is 2.15. The van der Waals surface area contributed by atoms with E-state index in [2.05, 4.69) is 10.5 Å². The highest BCUT2D eigenvalue weighted by Crippen LogP contribution is 2.26. The first-order valence-corrected chi connectivity index (χ1v) is 8.81. The summed E-state index contributed by atoms with van der Waals surface area (Å²) < 4.78 is 14.9. The minimum Gasteiger partial charge on any atom is -0.317 e. The number of halogens is 1. The molecular weight excluding hydrogens is 375 g/mol. The largest absolute Gasteiger partial charge is 0.317 e. The summed E-state index contributed by atoms with van der Waals surface area (Å²) in [6, 6.07) is 11.7. The van der Waals surface area contributed by atoms with Crippen LogP contribution in [0.15, 0.2) is 53.6 Å². The molecule has 0 aliphatic carbocycles. The van der Waals surface area contributed by atoms with Crippen molar-refractivity contribution in [2.45, 2.75) is 20.8 Å². The molecule has 148 valence electrons. The minimum atomic E-state index is -0.454. The number of carbonyl (C=O) groups excluding carboxylic acids is 1. The number of hydrogen-bond acceptors (Lipinski definition) is 4. The number of hydrogen-bond donors (Lipinski definition) is 1. The van der Waals surface area contributed by atoms with Gasteiger partial charge in [-0.1, -0.05) is 6.07 Å². The first-order chi connectivity index (χ1) is 13.8. The number of rotatable bonds is 5. The van der Waals surface area contributed by atoms with E-state index < -0.39 is 16.6 Å². The zero-order valence-corrected chi connectivity index (χ0v) is 16.1. The normalized spacial score (nSPS) is 11.0. The second-order valence-corrected chi connectivity index (χ2v) is 6.60. The third-order valence-electron chi connectivity index (χ3n) is 4.59. The van der Waals surface area contributed by atoms with Gasteiger partial charge < -0.3 is 4.57 Å². The number of amides is 1. The number of nitro benzene ring substituents is 1. The Morgan fingerprint density at radius 2 is 1.83 bits per heavy atom. The topological polar surface area (TPSA) is 89.5 Å². The molecule has 0 unspecified atom stereocenters. The number of hydrazone groups is 1. The van der Waals surface area contributed by atoms with Crippen LogP contribution in [0.4, 0.5) is 10.1 Å². The molecule has 0 aliphatic heterocycles. The molecule has 0 atom stereocenters. The highest BCUT2D eigenvalue weighted by molar-refractivity contribution is 5.95. The monoisotopic (exact) mass is 394 g/mol. The van der Waals surface area contributed by atoms with E-state index in [1.165, 1.54) is 42.6 Å². The van der Waals surface area contributed by atoms with Gasteiger partial charge >= 0.3 is 0 Å². The van der Waals surface area contributed by atoms with Crippen LogP contribution in [-0.2, 0) is 0 Å². The van der Waals surface area contributed by atoms with Crippen molar-refractivity contribution >= 4 is 17.8 Å². The Morgan fingerprint density at radius 3 is 2.48 bits per heavy atom. The molecule has 0 bridgehead atoms. The van der Waals surface area contributed by atoms with E-state index in [-0.39, 0.29) is 5.69 Å². The van der Waals surface area contributed by atoms with Crippen molar-refractivity contribution in [3.8, 4) is 5.69 Å². The molecule has 2 aromatic carbocycles. The van der Waals surface area contributed by atoms with Gasteiger partial charge in [0, 0.05) is 34.6 Å². The van der Waals surface area contributed by atoms with Crippen molar-refractivity contribution in [1.29, 1.82) is 0 Å². The fraction of sp³-hybridized carbons (Fsp3) is 0.143. The SMILES string of the molecule is Cc1ccc([N+](=O)[O-])cc1-n1c(C)cc(/C=N\NC(=O)c2ccc(F)cc2)c1C. The standard InChI is InChI=1S/C21H19FN4O3/c1-13-4-9-19(26(28)29)11-20(13)25-14(2)10-17(15(25)3)12-23-24-21(27)16-5-7-18(22)8-6-16/h4-12H,1-3H3,(H,24,27)/b23-12-. The lowest BCUT2D eigenvalue weighted by Gasteiger charge is -2.12. The van der Waals surface area contributed by atoms with Gasteiger partial charge in [0.05, 0.1) is 16.8 Å². The molecule has 3 rings (SSSR count). The average molecular weight is 394 g/mol. The molecule has 8 heteroatoms. The van der Waals surface area contributed by atoms with Gasteiger partial charge in [0.25, 0.3) is 11.6 Å². The maximum atomic E-state index is 12.9. The van der Waals surface area contributed by atoms with E-state index in [0.717, 1.165) is 22.5 Å². The van der Waals surface area contributed by atoms with Gasteiger partial charge in [-0.15, -0.1) is 0 Å². The van der Waals surface area contributed by atoms with Crippen LogP contribution >= 0.6 is 0 Å². The summed E-state index contributed by atoms with van der Waals surface area (Å²) in [5, 5.41) is 15.1. The van der Waals surface area contributed by atoms with Crippen LogP contribution in [0.3, 0.4) is 0 Å². The number of non-ortho nitro benzene ring substituents is 1.